The molecule has 0 bridgehead atoms. The van der Waals surface area contributed by atoms with Gasteiger partial charge in [0.1, 0.15) is 5.75 Å². The number of carbonyl (C=O) groups is 2. The van der Waals surface area contributed by atoms with Crippen molar-refractivity contribution in [2.24, 2.45) is 0 Å². The molecule has 0 aliphatic carbocycles. The van der Waals surface area contributed by atoms with Crippen LogP contribution in [0.25, 0.3) is 0 Å². The van der Waals surface area contributed by atoms with Crippen molar-refractivity contribution in [3.63, 3.8) is 0 Å². The lowest BCUT2D eigenvalue weighted by Crippen LogP contribution is -2.38. The highest BCUT2D eigenvalue weighted by molar-refractivity contribution is 5.91. The van der Waals surface area contributed by atoms with Gasteiger partial charge in [-0.1, -0.05) is 19.8 Å². The van der Waals surface area contributed by atoms with E-state index in [1.165, 1.54) is 0 Å². The average molecular weight is 442 g/mol. The fraction of sp³-hybridized carbons (Fsp3) is 0.440. The largest absolute Gasteiger partial charge is 0.494 e. The Balaban J connectivity index is 1.51. The maximum Gasteiger partial charge on any atom is 0.338 e. The number of benzene rings is 2. The van der Waals surface area contributed by atoms with E-state index in [1.807, 2.05) is 12.1 Å². The predicted molar refractivity (Wildman–Crippen MR) is 120 cm³/mol. The van der Waals surface area contributed by atoms with Crippen LogP contribution in [0.15, 0.2) is 36.4 Å². The molecule has 1 heterocycles. The molecular weight excluding hydrogens is 410 g/mol. The fourth-order valence-electron chi connectivity index (χ4n) is 3.63. The summed E-state index contributed by atoms with van der Waals surface area (Å²) < 4.78 is 21.6. The first-order chi connectivity index (χ1) is 15.5. The van der Waals surface area contributed by atoms with Crippen LogP contribution in [-0.4, -0.2) is 50.8 Å². The number of carbonyl (C=O) groups excluding carboxylic acids is 2. The number of ether oxygens (including phenoxy) is 4. The smallest absolute Gasteiger partial charge is 0.338 e. The Morgan fingerprint density at radius 1 is 0.969 bits per heavy atom. The number of nitrogens with zero attached hydrogens (tertiary/aromatic N) is 1. The van der Waals surface area contributed by atoms with E-state index in [2.05, 4.69) is 6.92 Å². The minimum absolute atomic E-state index is 0.227. The summed E-state index contributed by atoms with van der Waals surface area (Å²) >= 11 is 0. The number of rotatable bonds is 10. The van der Waals surface area contributed by atoms with Crippen molar-refractivity contribution in [1.29, 1.82) is 0 Å². The molecule has 0 saturated carbocycles. The second kappa shape index (κ2) is 11.4. The third kappa shape index (κ3) is 5.93. The maximum atomic E-state index is 12.6. The zero-order valence-corrected chi connectivity index (χ0v) is 19.0. The number of amides is 1. The molecular formula is C25H31NO6. The third-order valence-electron chi connectivity index (χ3n) is 5.50. The highest BCUT2D eigenvalue weighted by Crippen LogP contribution is 2.33. The molecule has 32 heavy (non-hydrogen) atoms. The summed E-state index contributed by atoms with van der Waals surface area (Å²) in [6.45, 7) is 3.50. The molecule has 0 aromatic heterocycles. The molecule has 0 unspecified atom stereocenters. The molecule has 0 atom stereocenters. The number of unbranched alkanes of at least 4 members (excludes halogenated alkanes) is 2. The van der Waals surface area contributed by atoms with E-state index in [0.717, 1.165) is 30.4 Å². The first-order valence-electron chi connectivity index (χ1n) is 11.0. The van der Waals surface area contributed by atoms with Crippen LogP contribution in [0, 0.1) is 0 Å². The van der Waals surface area contributed by atoms with Crippen LogP contribution in [0.4, 0.5) is 0 Å². The van der Waals surface area contributed by atoms with Gasteiger partial charge in [0.05, 0.1) is 26.4 Å². The molecule has 2 aromatic rings. The van der Waals surface area contributed by atoms with Crippen molar-refractivity contribution in [3.05, 3.63) is 53.1 Å². The van der Waals surface area contributed by atoms with Gasteiger partial charge in [-0.2, -0.15) is 0 Å². The average Bonchev–Trinajstić information content (AvgIpc) is 2.84. The van der Waals surface area contributed by atoms with E-state index < -0.39 is 5.97 Å². The lowest BCUT2D eigenvalue weighted by atomic mass is 9.99. The van der Waals surface area contributed by atoms with Crippen molar-refractivity contribution in [2.45, 2.75) is 39.2 Å². The molecule has 0 radical (unpaired) electrons. The van der Waals surface area contributed by atoms with Crippen LogP contribution < -0.4 is 14.2 Å². The van der Waals surface area contributed by atoms with Gasteiger partial charge in [-0.25, -0.2) is 4.79 Å². The summed E-state index contributed by atoms with van der Waals surface area (Å²) in [5.74, 6) is 1.27. The van der Waals surface area contributed by atoms with Crippen LogP contribution in [0.5, 0.6) is 17.2 Å². The zero-order chi connectivity index (χ0) is 22.9. The molecule has 0 fully saturated rings. The third-order valence-corrected chi connectivity index (χ3v) is 5.50. The van der Waals surface area contributed by atoms with Crippen LogP contribution in [0.2, 0.25) is 0 Å². The second-order valence-corrected chi connectivity index (χ2v) is 7.70. The number of esters is 1. The molecule has 7 heteroatoms. The predicted octanol–water partition coefficient (Wildman–Crippen LogP) is 4.01. The Hall–Kier alpha value is -3.22. The van der Waals surface area contributed by atoms with Gasteiger partial charge in [-0.15, -0.1) is 0 Å². The summed E-state index contributed by atoms with van der Waals surface area (Å²) in [6, 6.07) is 10.6. The van der Waals surface area contributed by atoms with Crippen LogP contribution in [0.1, 0.15) is 47.7 Å². The number of fused-ring (bicyclic) bond motifs is 1. The molecule has 2 aromatic carbocycles. The van der Waals surface area contributed by atoms with Gasteiger partial charge in [0.15, 0.2) is 18.1 Å². The Bertz CT molecular complexity index is 925. The molecule has 1 amide bonds. The first-order valence-corrected chi connectivity index (χ1v) is 11.0. The lowest BCUT2D eigenvalue weighted by molar-refractivity contribution is -0.135. The normalized spacial score (nSPS) is 12.7. The van der Waals surface area contributed by atoms with Crippen molar-refractivity contribution in [2.75, 3.05) is 34.0 Å². The standard InChI is InChI=1S/C25H31NO6/c1-4-5-6-13-31-21-9-7-18(8-10-21)25(28)32-17-24(27)26-12-11-19-14-22(29-2)23(30-3)15-20(19)16-26/h7-10,14-15H,4-6,11-13,16-17H2,1-3H3. The number of methoxy groups -OCH3 is 2. The van der Waals surface area contributed by atoms with E-state index >= 15 is 0 Å². The zero-order valence-electron chi connectivity index (χ0n) is 19.0. The molecule has 3 rings (SSSR count). The highest BCUT2D eigenvalue weighted by atomic mass is 16.5. The Kier molecular flexibility index (Phi) is 8.36. The van der Waals surface area contributed by atoms with E-state index in [4.69, 9.17) is 18.9 Å². The van der Waals surface area contributed by atoms with Crippen LogP contribution in [0.3, 0.4) is 0 Å². The monoisotopic (exact) mass is 441 g/mol. The molecule has 0 N–H and O–H groups in total. The minimum atomic E-state index is -0.528. The quantitative estimate of drug-likeness (QED) is 0.410. The lowest BCUT2D eigenvalue weighted by Gasteiger charge is -2.29. The van der Waals surface area contributed by atoms with Gasteiger partial charge < -0.3 is 23.8 Å². The molecule has 1 aliphatic rings. The Morgan fingerprint density at radius 3 is 2.31 bits per heavy atom. The molecule has 1 aliphatic heterocycles. The van der Waals surface area contributed by atoms with Crippen molar-refractivity contribution < 1.29 is 28.5 Å². The molecule has 0 spiro atoms. The van der Waals surface area contributed by atoms with Crippen molar-refractivity contribution >= 4 is 11.9 Å². The van der Waals surface area contributed by atoms with E-state index in [-0.39, 0.29) is 12.5 Å². The van der Waals surface area contributed by atoms with Crippen LogP contribution in [-0.2, 0) is 22.5 Å². The Labute approximate surface area is 189 Å². The van der Waals surface area contributed by atoms with Gasteiger partial charge in [-0.05, 0) is 60.4 Å². The fourth-order valence-corrected chi connectivity index (χ4v) is 3.63. The van der Waals surface area contributed by atoms with Crippen LogP contribution >= 0.6 is 0 Å². The van der Waals surface area contributed by atoms with E-state index in [1.54, 1.807) is 43.4 Å². The van der Waals surface area contributed by atoms with Gasteiger partial charge >= 0.3 is 5.97 Å². The summed E-state index contributed by atoms with van der Waals surface area (Å²) in [5.41, 5.74) is 2.52. The number of hydrogen-bond donors (Lipinski definition) is 0. The first kappa shape index (κ1) is 23.4. The van der Waals surface area contributed by atoms with Gasteiger partial charge in [0, 0.05) is 13.1 Å². The summed E-state index contributed by atoms with van der Waals surface area (Å²) in [5, 5.41) is 0. The molecule has 0 saturated heterocycles. The minimum Gasteiger partial charge on any atom is -0.494 e. The van der Waals surface area contributed by atoms with E-state index in [9.17, 15) is 9.59 Å². The summed E-state index contributed by atoms with van der Waals surface area (Å²) in [4.78, 5) is 26.6. The summed E-state index contributed by atoms with van der Waals surface area (Å²) in [6.07, 6.45) is 3.97. The molecule has 7 nitrogen and oxygen atoms in total. The summed E-state index contributed by atoms with van der Waals surface area (Å²) in [7, 11) is 3.19. The topological polar surface area (TPSA) is 74.3 Å². The van der Waals surface area contributed by atoms with Crippen molar-refractivity contribution in [3.8, 4) is 17.2 Å². The van der Waals surface area contributed by atoms with E-state index in [0.29, 0.717) is 48.9 Å². The Morgan fingerprint density at radius 2 is 1.66 bits per heavy atom. The van der Waals surface area contributed by atoms with Gasteiger partial charge in [0.25, 0.3) is 5.91 Å². The second-order valence-electron chi connectivity index (χ2n) is 7.70. The SMILES string of the molecule is CCCCCOc1ccc(C(=O)OCC(=O)N2CCc3cc(OC)c(OC)cc3C2)cc1. The highest BCUT2D eigenvalue weighted by Gasteiger charge is 2.24. The maximum absolute atomic E-state index is 12.6. The van der Waals surface area contributed by atoms with Gasteiger partial charge in [-0.3, -0.25) is 4.79 Å². The molecule has 172 valence electrons. The van der Waals surface area contributed by atoms with Crippen molar-refractivity contribution in [1.82, 2.24) is 4.90 Å². The van der Waals surface area contributed by atoms with Gasteiger partial charge in [0.2, 0.25) is 0 Å². The number of hydrogen-bond acceptors (Lipinski definition) is 6.